The van der Waals surface area contributed by atoms with Crippen LogP contribution in [0, 0.1) is 5.92 Å². The van der Waals surface area contributed by atoms with E-state index in [1.807, 2.05) is 0 Å². The lowest BCUT2D eigenvalue weighted by Gasteiger charge is -2.39. The molecule has 3 aliphatic rings. The van der Waals surface area contributed by atoms with E-state index in [-0.39, 0.29) is 18.4 Å². The van der Waals surface area contributed by atoms with Crippen LogP contribution in [0.15, 0.2) is 0 Å². The molecule has 0 aromatic heterocycles. The van der Waals surface area contributed by atoms with E-state index in [1.54, 1.807) is 0 Å². The highest BCUT2D eigenvalue weighted by atomic mass is 19.4. The number of halogens is 3. The van der Waals surface area contributed by atoms with Gasteiger partial charge in [-0.05, 0) is 0 Å². The van der Waals surface area contributed by atoms with Crippen LogP contribution in [-0.4, -0.2) is 55.5 Å². The van der Waals surface area contributed by atoms with E-state index < -0.39 is 29.8 Å². The Bertz CT molecular complexity index is 451. The molecule has 1 amide bonds. The molecule has 3 unspecified atom stereocenters. The van der Waals surface area contributed by atoms with Crippen LogP contribution in [-0.2, 0) is 19.1 Å². The van der Waals surface area contributed by atoms with Gasteiger partial charge >= 0.3 is 12.1 Å². The lowest BCUT2D eigenvalue weighted by Crippen LogP contribution is -2.60. The number of carbonyl (C=O) groups is 2. The molecule has 6 nitrogen and oxygen atoms in total. The van der Waals surface area contributed by atoms with Gasteiger partial charge in [-0.25, -0.2) is 4.79 Å². The molecule has 9 heteroatoms. The number of hydrogen-bond acceptors (Lipinski definition) is 5. The molecule has 1 saturated carbocycles. The monoisotopic (exact) mass is 294 g/mol. The Balaban J connectivity index is 1.63. The number of esters is 1. The van der Waals surface area contributed by atoms with E-state index in [2.05, 4.69) is 15.4 Å². The van der Waals surface area contributed by atoms with Gasteiger partial charge in [0.25, 0.3) is 5.91 Å². The molecule has 0 radical (unpaired) electrons. The normalized spacial score (nSPS) is 37.2. The number of alkyl halides is 3. The summed E-state index contributed by atoms with van der Waals surface area (Å²) < 4.78 is 46.3. The summed E-state index contributed by atoms with van der Waals surface area (Å²) >= 11 is 0. The van der Waals surface area contributed by atoms with Crippen molar-refractivity contribution in [1.29, 1.82) is 0 Å². The van der Waals surface area contributed by atoms with Crippen LogP contribution in [0.3, 0.4) is 0 Å². The average Bonchev–Trinajstić information content (AvgIpc) is 2.94. The molecular formula is C11H13F3N2O4. The SMILES string of the molecule is O=C(OC1CC12OC(C1CNC1)CNC2=O)C(F)(F)F. The molecule has 20 heavy (non-hydrogen) atoms. The van der Waals surface area contributed by atoms with Crippen LogP contribution in [0.25, 0.3) is 0 Å². The summed E-state index contributed by atoms with van der Waals surface area (Å²) in [6.07, 6.45) is -6.51. The van der Waals surface area contributed by atoms with Crippen molar-refractivity contribution in [2.45, 2.75) is 30.4 Å². The Morgan fingerprint density at radius 1 is 1.35 bits per heavy atom. The summed E-state index contributed by atoms with van der Waals surface area (Å²) in [5.41, 5.74) is -1.43. The smallest absolute Gasteiger partial charge is 0.452 e. The maximum absolute atomic E-state index is 12.1. The van der Waals surface area contributed by atoms with Crippen molar-refractivity contribution in [1.82, 2.24) is 10.6 Å². The molecular weight excluding hydrogens is 281 g/mol. The van der Waals surface area contributed by atoms with Crippen molar-refractivity contribution in [3.05, 3.63) is 0 Å². The van der Waals surface area contributed by atoms with E-state index in [0.29, 0.717) is 6.54 Å². The minimum atomic E-state index is -5.06. The van der Waals surface area contributed by atoms with E-state index in [9.17, 15) is 22.8 Å². The number of morpholine rings is 1. The lowest BCUT2D eigenvalue weighted by molar-refractivity contribution is -0.205. The minimum absolute atomic E-state index is 0.0305. The van der Waals surface area contributed by atoms with Gasteiger partial charge in [0.05, 0.1) is 6.10 Å². The molecule has 2 saturated heterocycles. The van der Waals surface area contributed by atoms with Crippen LogP contribution in [0.2, 0.25) is 0 Å². The number of nitrogens with one attached hydrogen (secondary N) is 2. The molecule has 1 spiro atoms. The predicted molar refractivity (Wildman–Crippen MR) is 57.5 cm³/mol. The first kappa shape index (κ1) is 13.6. The fraction of sp³-hybridized carbons (Fsp3) is 0.818. The summed E-state index contributed by atoms with van der Waals surface area (Å²) in [6, 6.07) is 0. The first-order valence-electron chi connectivity index (χ1n) is 6.27. The Kier molecular flexibility index (Phi) is 2.94. The van der Waals surface area contributed by atoms with Gasteiger partial charge in [0.15, 0.2) is 5.60 Å². The number of carbonyl (C=O) groups excluding carboxylic acids is 2. The van der Waals surface area contributed by atoms with E-state index in [1.165, 1.54) is 0 Å². The van der Waals surface area contributed by atoms with Crippen molar-refractivity contribution in [2.24, 2.45) is 5.92 Å². The molecule has 3 rings (SSSR count). The highest BCUT2D eigenvalue weighted by molar-refractivity contribution is 5.91. The van der Waals surface area contributed by atoms with E-state index in [4.69, 9.17) is 4.74 Å². The van der Waals surface area contributed by atoms with Crippen LogP contribution in [0.1, 0.15) is 6.42 Å². The highest BCUT2D eigenvalue weighted by Crippen LogP contribution is 2.47. The quantitative estimate of drug-likeness (QED) is 0.661. The molecule has 0 aromatic rings. The second-order valence-electron chi connectivity index (χ2n) is 5.27. The first-order valence-corrected chi connectivity index (χ1v) is 6.27. The van der Waals surface area contributed by atoms with Crippen LogP contribution >= 0.6 is 0 Å². The fourth-order valence-electron chi connectivity index (χ4n) is 2.46. The number of rotatable bonds is 2. The second-order valence-corrected chi connectivity index (χ2v) is 5.27. The summed E-state index contributed by atoms with van der Waals surface area (Å²) in [6.45, 7) is 1.81. The molecule has 0 bridgehead atoms. The topological polar surface area (TPSA) is 76.7 Å². The van der Waals surface area contributed by atoms with Crippen LogP contribution in [0.5, 0.6) is 0 Å². The number of amides is 1. The van der Waals surface area contributed by atoms with Crippen molar-refractivity contribution in [3.63, 3.8) is 0 Å². The largest absolute Gasteiger partial charge is 0.490 e. The molecule has 1 aliphatic carbocycles. The Morgan fingerprint density at radius 2 is 2.05 bits per heavy atom. The molecule has 2 heterocycles. The lowest BCUT2D eigenvalue weighted by atomic mass is 9.94. The van der Waals surface area contributed by atoms with Crippen molar-refractivity contribution in [2.75, 3.05) is 19.6 Å². The third kappa shape index (κ3) is 2.14. The highest BCUT2D eigenvalue weighted by Gasteiger charge is 2.68. The molecule has 0 aromatic carbocycles. The summed E-state index contributed by atoms with van der Waals surface area (Å²) in [5, 5.41) is 5.67. The first-order chi connectivity index (χ1) is 9.33. The van der Waals surface area contributed by atoms with Gasteiger partial charge in [-0.15, -0.1) is 0 Å². The molecule has 3 fully saturated rings. The van der Waals surface area contributed by atoms with Gasteiger partial charge in [0.1, 0.15) is 6.10 Å². The number of ether oxygens (including phenoxy) is 2. The Hall–Kier alpha value is -1.35. The minimum Gasteiger partial charge on any atom is -0.452 e. The van der Waals surface area contributed by atoms with Crippen molar-refractivity contribution >= 4 is 11.9 Å². The van der Waals surface area contributed by atoms with Gasteiger partial charge in [0, 0.05) is 32.0 Å². The van der Waals surface area contributed by atoms with Gasteiger partial charge < -0.3 is 20.1 Å². The summed E-state index contributed by atoms with van der Waals surface area (Å²) in [4.78, 5) is 22.6. The van der Waals surface area contributed by atoms with Gasteiger partial charge in [0.2, 0.25) is 0 Å². The zero-order valence-electron chi connectivity index (χ0n) is 10.3. The maximum Gasteiger partial charge on any atom is 0.490 e. The van der Waals surface area contributed by atoms with Gasteiger partial charge in [-0.2, -0.15) is 13.2 Å². The number of hydrogen-bond donors (Lipinski definition) is 2. The Morgan fingerprint density at radius 3 is 2.60 bits per heavy atom. The third-order valence-electron chi connectivity index (χ3n) is 3.88. The average molecular weight is 294 g/mol. The molecule has 112 valence electrons. The van der Waals surface area contributed by atoms with Gasteiger partial charge in [-0.3, -0.25) is 4.79 Å². The zero-order valence-corrected chi connectivity index (χ0v) is 10.3. The van der Waals surface area contributed by atoms with Gasteiger partial charge in [-0.1, -0.05) is 0 Å². The van der Waals surface area contributed by atoms with Crippen LogP contribution < -0.4 is 10.6 Å². The fourth-order valence-corrected chi connectivity index (χ4v) is 2.46. The van der Waals surface area contributed by atoms with E-state index >= 15 is 0 Å². The predicted octanol–water partition coefficient (Wildman–Crippen LogP) is -0.663. The Labute approximate surface area is 112 Å². The van der Waals surface area contributed by atoms with E-state index in [0.717, 1.165) is 13.1 Å². The standard InChI is InChI=1S/C11H13F3N2O4/c12-11(13,14)9(18)19-7-1-10(7)8(17)16-4-6(20-10)5-2-15-3-5/h5-7,15H,1-4H2,(H,16,17). The zero-order chi connectivity index (χ0) is 14.5. The maximum atomic E-state index is 12.1. The molecule has 2 aliphatic heterocycles. The second kappa shape index (κ2) is 4.32. The van der Waals surface area contributed by atoms with Crippen LogP contribution in [0.4, 0.5) is 13.2 Å². The molecule has 2 N–H and O–H groups in total. The van der Waals surface area contributed by atoms with Crippen molar-refractivity contribution in [3.8, 4) is 0 Å². The molecule has 3 atom stereocenters. The summed E-state index contributed by atoms with van der Waals surface area (Å²) in [7, 11) is 0. The summed E-state index contributed by atoms with van der Waals surface area (Å²) in [5.74, 6) is -2.59. The van der Waals surface area contributed by atoms with Crippen molar-refractivity contribution < 1.29 is 32.2 Å². The third-order valence-corrected chi connectivity index (χ3v) is 3.88.